The Kier molecular flexibility index (Phi) is 10.5. The molecule has 0 saturated heterocycles. The predicted octanol–water partition coefficient (Wildman–Crippen LogP) is 1.34. The fourth-order valence-electron chi connectivity index (χ4n) is 2.74. The first-order valence-electron chi connectivity index (χ1n) is 8.31. The van der Waals surface area contributed by atoms with Gasteiger partial charge in [-0.2, -0.15) is 0 Å². The van der Waals surface area contributed by atoms with E-state index in [1.165, 1.54) is 45.1 Å². The van der Waals surface area contributed by atoms with E-state index in [1.807, 2.05) is 13.0 Å². The van der Waals surface area contributed by atoms with Crippen LogP contribution in [0.25, 0.3) is 0 Å². The Morgan fingerprint density at radius 2 is 1.68 bits per heavy atom. The minimum atomic E-state index is 0. The number of pyridine rings is 1. The molecule has 0 spiro atoms. The molecular formula is C18H33ClN2O. The van der Waals surface area contributed by atoms with Crippen molar-refractivity contribution in [3.05, 3.63) is 23.5 Å². The zero-order chi connectivity index (χ0) is 15.7. The van der Waals surface area contributed by atoms with Crippen LogP contribution in [0.1, 0.15) is 56.8 Å². The first-order valence-corrected chi connectivity index (χ1v) is 8.31. The highest BCUT2D eigenvalue weighted by Crippen LogP contribution is 2.17. The number of halogens is 1. The molecule has 0 aliphatic heterocycles. The van der Waals surface area contributed by atoms with Crippen LogP contribution < -0.4 is 17.1 Å². The SMILES string of the molecule is CCCCCCCC[N+](C)(C)Cc1ccc(OC)c(C)n1.[Cl-]. The van der Waals surface area contributed by atoms with Gasteiger partial charge >= 0.3 is 0 Å². The molecule has 0 aromatic carbocycles. The van der Waals surface area contributed by atoms with Gasteiger partial charge in [0.25, 0.3) is 0 Å². The number of unbranched alkanes of at least 4 members (excludes halogenated alkanes) is 5. The number of rotatable bonds is 10. The lowest BCUT2D eigenvalue weighted by Gasteiger charge is -2.29. The molecule has 1 heterocycles. The molecule has 0 atom stereocenters. The molecule has 0 aliphatic rings. The summed E-state index contributed by atoms with van der Waals surface area (Å²) >= 11 is 0. The summed E-state index contributed by atoms with van der Waals surface area (Å²) in [7, 11) is 6.29. The van der Waals surface area contributed by atoms with Gasteiger partial charge in [0.05, 0.1) is 39.1 Å². The van der Waals surface area contributed by atoms with Crippen LogP contribution in [-0.2, 0) is 6.54 Å². The molecule has 0 saturated carbocycles. The molecule has 0 aliphatic carbocycles. The lowest BCUT2D eigenvalue weighted by molar-refractivity contribution is -0.904. The Labute approximate surface area is 143 Å². The standard InChI is InChI=1S/C18H33N2O.ClH/c1-6-7-8-9-10-11-14-20(3,4)15-17-12-13-18(21-5)16(2)19-17;/h12-13H,6-11,14-15H2,1-5H3;1H/q+1;/p-1. The Hall–Kier alpha value is -0.800. The van der Waals surface area contributed by atoms with Gasteiger partial charge in [-0.15, -0.1) is 0 Å². The minimum absolute atomic E-state index is 0. The van der Waals surface area contributed by atoms with Crippen LogP contribution in [0.4, 0.5) is 0 Å². The van der Waals surface area contributed by atoms with Gasteiger partial charge in [0.2, 0.25) is 0 Å². The maximum Gasteiger partial charge on any atom is 0.140 e. The molecule has 1 rings (SSSR count). The van der Waals surface area contributed by atoms with Gasteiger partial charge in [-0.3, -0.25) is 0 Å². The number of quaternary nitrogens is 1. The number of ether oxygens (including phenoxy) is 1. The molecule has 22 heavy (non-hydrogen) atoms. The van der Waals surface area contributed by atoms with Crippen molar-refractivity contribution in [1.29, 1.82) is 0 Å². The smallest absolute Gasteiger partial charge is 0.140 e. The molecule has 3 nitrogen and oxygen atoms in total. The summed E-state index contributed by atoms with van der Waals surface area (Å²) in [5, 5.41) is 0. The van der Waals surface area contributed by atoms with E-state index < -0.39 is 0 Å². The molecule has 0 radical (unpaired) electrons. The number of hydrogen-bond donors (Lipinski definition) is 0. The zero-order valence-electron chi connectivity index (χ0n) is 15.0. The number of hydrogen-bond acceptors (Lipinski definition) is 2. The number of aryl methyl sites for hydroxylation is 1. The molecule has 0 bridgehead atoms. The second-order valence-electron chi connectivity index (χ2n) is 6.68. The third-order valence-electron chi connectivity index (χ3n) is 4.02. The zero-order valence-corrected chi connectivity index (χ0v) is 15.7. The molecule has 4 heteroatoms. The minimum Gasteiger partial charge on any atom is -1.00 e. The summed E-state index contributed by atoms with van der Waals surface area (Å²) in [6, 6.07) is 4.12. The van der Waals surface area contributed by atoms with Crippen molar-refractivity contribution in [2.45, 2.75) is 58.9 Å². The van der Waals surface area contributed by atoms with Crippen molar-refractivity contribution < 1.29 is 21.6 Å². The highest BCUT2D eigenvalue weighted by molar-refractivity contribution is 5.27. The number of nitrogens with zero attached hydrogens (tertiary/aromatic N) is 2. The van der Waals surface area contributed by atoms with Crippen LogP contribution in [0, 0.1) is 6.92 Å². The van der Waals surface area contributed by atoms with E-state index in [-0.39, 0.29) is 12.4 Å². The van der Waals surface area contributed by atoms with Crippen molar-refractivity contribution in [2.75, 3.05) is 27.7 Å². The average molecular weight is 329 g/mol. The molecule has 0 unspecified atom stereocenters. The maximum absolute atomic E-state index is 5.27. The Bertz CT molecular complexity index is 422. The van der Waals surface area contributed by atoms with E-state index in [9.17, 15) is 0 Å². The first-order chi connectivity index (χ1) is 9.98. The van der Waals surface area contributed by atoms with Crippen LogP contribution in [0.2, 0.25) is 0 Å². The third-order valence-corrected chi connectivity index (χ3v) is 4.02. The fourth-order valence-corrected chi connectivity index (χ4v) is 2.74. The normalized spacial score (nSPS) is 11.1. The van der Waals surface area contributed by atoms with Crippen LogP contribution in [0.15, 0.2) is 12.1 Å². The monoisotopic (exact) mass is 328 g/mol. The van der Waals surface area contributed by atoms with Crippen LogP contribution in [0.3, 0.4) is 0 Å². The average Bonchev–Trinajstić information content (AvgIpc) is 2.42. The second-order valence-corrected chi connectivity index (χ2v) is 6.68. The first kappa shape index (κ1) is 21.2. The molecule has 1 aromatic heterocycles. The fraction of sp³-hybridized carbons (Fsp3) is 0.722. The summed E-state index contributed by atoms with van der Waals surface area (Å²) < 4.78 is 6.28. The van der Waals surface area contributed by atoms with Gasteiger partial charge in [-0.05, 0) is 31.9 Å². The number of aromatic nitrogens is 1. The van der Waals surface area contributed by atoms with Crippen molar-refractivity contribution >= 4 is 0 Å². The molecule has 1 aromatic rings. The lowest BCUT2D eigenvalue weighted by atomic mass is 10.1. The van der Waals surface area contributed by atoms with Gasteiger partial charge in [0.15, 0.2) is 0 Å². The quantitative estimate of drug-likeness (QED) is 0.478. The summed E-state index contributed by atoms with van der Waals surface area (Å²) in [5.41, 5.74) is 2.14. The molecule has 0 fully saturated rings. The summed E-state index contributed by atoms with van der Waals surface area (Å²) in [5.74, 6) is 0.875. The van der Waals surface area contributed by atoms with Crippen LogP contribution in [-0.4, -0.2) is 37.2 Å². The number of methoxy groups -OCH3 is 1. The van der Waals surface area contributed by atoms with Gasteiger partial charge in [0, 0.05) is 0 Å². The topological polar surface area (TPSA) is 22.1 Å². The van der Waals surface area contributed by atoms with Gasteiger partial charge < -0.3 is 21.6 Å². The third kappa shape index (κ3) is 8.00. The van der Waals surface area contributed by atoms with E-state index in [2.05, 4.69) is 32.1 Å². The summed E-state index contributed by atoms with van der Waals surface area (Å²) in [4.78, 5) is 4.66. The molecule has 0 N–H and O–H groups in total. The summed E-state index contributed by atoms with van der Waals surface area (Å²) in [6.07, 6.45) is 8.15. The maximum atomic E-state index is 5.27. The van der Waals surface area contributed by atoms with Gasteiger partial charge in [0.1, 0.15) is 12.3 Å². The Balaban J connectivity index is 0.00000441. The van der Waals surface area contributed by atoms with Crippen molar-refractivity contribution in [3.8, 4) is 5.75 Å². The van der Waals surface area contributed by atoms with Crippen molar-refractivity contribution in [2.24, 2.45) is 0 Å². The highest BCUT2D eigenvalue weighted by atomic mass is 35.5. The highest BCUT2D eigenvalue weighted by Gasteiger charge is 2.16. The van der Waals surface area contributed by atoms with E-state index >= 15 is 0 Å². The van der Waals surface area contributed by atoms with E-state index in [1.54, 1.807) is 7.11 Å². The van der Waals surface area contributed by atoms with Crippen LogP contribution >= 0.6 is 0 Å². The molecule has 0 amide bonds. The van der Waals surface area contributed by atoms with E-state index in [0.717, 1.165) is 28.2 Å². The largest absolute Gasteiger partial charge is 1.00 e. The van der Waals surface area contributed by atoms with Crippen molar-refractivity contribution in [1.82, 2.24) is 4.98 Å². The van der Waals surface area contributed by atoms with E-state index in [0.29, 0.717) is 0 Å². The van der Waals surface area contributed by atoms with E-state index in [4.69, 9.17) is 4.74 Å². The van der Waals surface area contributed by atoms with Gasteiger partial charge in [-0.1, -0.05) is 32.6 Å². The predicted molar refractivity (Wildman–Crippen MR) is 89.6 cm³/mol. The van der Waals surface area contributed by atoms with Crippen molar-refractivity contribution in [3.63, 3.8) is 0 Å². The summed E-state index contributed by atoms with van der Waals surface area (Å²) in [6.45, 7) is 6.48. The molecular weight excluding hydrogens is 296 g/mol. The Morgan fingerprint density at radius 1 is 1.05 bits per heavy atom. The second kappa shape index (κ2) is 10.8. The van der Waals surface area contributed by atoms with Crippen LogP contribution in [0.5, 0.6) is 5.75 Å². The Morgan fingerprint density at radius 3 is 2.27 bits per heavy atom. The van der Waals surface area contributed by atoms with Gasteiger partial charge in [-0.25, -0.2) is 4.98 Å². The molecule has 128 valence electrons. The lowest BCUT2D eigenvalue weighted by Crippen LogP contribution is -3.00.